The first-order valence-corrected chi connectivity index (χ1v) is 7.69. The van der Waals surface area contributed by atoms with E-state index in [9.17, 15) is 24.9 Å². The molecule has 0 heterocycles. The van der Waals surface area contributed by atoms with E-state index < -0.39 is 23.6 Å². The molecule has 1 aromatic rings. The van der Waals surface area contributed by atoms with Crippen LogP contribution in [0.25, 0.3) is 6.08 Å². The molecule has 2 atom stereocenters. The molecule has 2 unspecified atom stereocenters. The van der Waals surface area contributed by atoms with Gasteiger partial charge in [-0.15, -0.1) is 0 Å². The highest BCUT2D eigenvalue weighted by Crippen LogP contribution is 2.30. The Morgan fingerprint density at radius 1 is 1.33 bits per heavy atom. The average Bonchev–Trinajstić information content (AvgIpc) is 2.55. The van der Waals surface area contributed by atoms with E-state index >= 15 is 0 Å². The maximum Gasteiger partial charge on any atom is 0.331 e. The smallest absolute Gasteiger partial charge is 0.331 e. The monoisotopic (exact) mass is 335 g/mol. The molecule has 1 saturated carbocycles. The first kappa shape index (κ1) is 17.8. The van der Waals surface area contributed by atoms with Gasteiger partial charge in [-0.2, -0.15) is 0 Å². The Bertz CT molecular complexity index is 656. The normalized spacial score (nSPS) is 23.8. The molecule has 7 nitrogen and oxygen atoms in total. The van der Waals surface area contributed by atoms with Crippen molar-refractivity contribution < 1.29 is 29.6 Å². The molecule has 1 amide bonds. The van der Waals surface area contributed by atoms with Gasteiger partial charge in [-0.1, -0.05) is 6.07 Å². The van der Waals surface area contributed by atoms with E-state index in [1.54, 1.807) is 0 Å². The average molecular weight is 335 g/mol. The summed E-state index contributed by atoms with van der Waals surface area (Å²) in [6.45, 7) is 0. The molecule has 2 rings (SSSR count). The van der Waals surface area contributed by atoms with Crippen LogP contribution in [0.15, 0.2) is 24.3 Å². The molecule has 1 fully saturated rings. The molecule has 1 aliphatic carbocycles. The number of aliphatic hydroxyl groups is 1. The highest BCUT2D eigenvalue weighted by Gasteiger charge is 2.41. The van der Waals surface area contributed by atoms with Crippen LogP contribution in [0.4, 0.5) is 0 Å². The van der Waals surface area contributed by atoms with Crippen molar-refractivity contribution in [1.82, 2.24) is 5.32 Å². The number of carbonyl (C=O) groups excluding carboxylic acids is 2. The van der Waals surface area contributed by atoms with E-state index in [2.05, 4.69) is 5.32 Å². The van der Waals surface area contributed by atoms with E-state index in [1.165, 1.54) is 37.4 Å². The van der Waals surface area contributed by atoms with E-state index in [1.807, 2.05) is 0 Å². The van der Waals surface area contributed by atoms with Gasteiger partial charge >= 0.3 is 5.97 Å². The Morgan fingerprint density at radius 2 is 2.08 bits per heavy atom. The largest absolute Gasteiger partial charge is 0.504 e. The third-order valence-electron chi connectivity index (χ3n) is 4.03. The van der Waals surface area contributed by atoms with Crippen molar-refractivity contribution >= 4 is 18.0 Å². The van der Waals surface area contributed by atoms with E-state index in [0.29, 0.717) is 24.8 Å². The van der Waals surface area contributed by atoms with Crippen LogP contribution in [0.1, 0.15) is 31.2 Å². The van der Waals surface area contributed by atoms with E-state index in [0.717, 1.165) is 0 Å². The molecule has 7 heteroatoms. The van der Waals surface area contributed by atoms with Crippen LogP contribution in [0.5, 0.6) is 11.5 Å². The van der Waals surface area contributed by atoms with Crippen molar-refractivity contribution in [2.45, 2.75) is 37.4 Å². The molecule has 1 aromatic carbocycles. The molecule has 4 N–H and O–H groups in total. The van der Waals surface area contributed by atoms with Crippen molar-refractivity contribution in [2.24, 2.45) is 0 Å². The Balaban J connectivity index is 1.95. The maximum absolute atomic E-state index is 11.9. The van der Waals surface area contributed by atoms with Crippen molar-refractivity contribution in [3.8, 4) is 11.5 Å². The lowest BCUT2D eigenvalue weighted by molar-refractivity contribution is -0.158. The van der Waals surface area contributed by atoms with Crippen LogP contribution in [0, 0.1) is 0 Å². The van der Waals surface area contributed by atoms with Crippen molar-refractivity contribution in [2.75, 3.05) is 7.05 Å². The van der Waals surface area contributed by atoms with Crippen molar-refractivity contribution in [3.05, 3.63) is 29.8 Å². The number of carbonyl (C=O) groups is 2. The summed E-state index contributed by atoms with van der Waals surface area (Å²) in [5.41, 5.74) is -0.988. The minimum Gasteiger partial charge on any atom is -0.504 e. The summed E-state index contributed by atoms with van der Waals surface area (Å²) in [6.07, 6.45) is 3.66. The number of hydrogen-bond donors (Lipinski definition) is 4. The molecule has 0 radical (unpaired) electrons. The first-order chi connectivity index (χ1) is 11.3. The second-order valence-corrected chi connectivity index (χ2v) is 5.85. The van der Waals surface area contributed by atoms with Crippen molar-refractivity contribution in [3.63, 3.8) is 0 Å². The van der Waals surface area contributed by atoms with Crippen LogP contribution < -0.4 is 5.32 Å². The van der Waals surface area contributed by atoms with Gasteiger partial charge in [0.2, 0.25) is 0 Å². The Kier molecular flexibility index (Phi) is 5.46. The second-order valence-electron chi connectivity index (χ2n) is 5.85. The zero-order valence-electron chi connectivity index (χ0n) is 13.4. The quantitative estimate of drug-likeness (QED) is 0.372. The lowest BCUT2D eigenvalue weighted by atomic mass is 9.82. The van der Waals surface area contributed by atoms with E-state index in [4.69, 9.17) is 4.74 Å². The highest BCUT2D eigenvalue weighted by atomic mass is 16.5. The molecular formula is C17H21NO6. The molecule has 0 bridgehead atoms. The van der Waals surface area contributed by atoms with Crippen LogP contribution >= 0.6 is 0 Å². The van der Waals surface area contributed by atoms with Crippen LogP contribution in [0.2, 0.25) is 0 Å². The van der Waals surface area contributed by atoms with Crippen molar-refractivity contribution in [1.29, 1.82) is 0 Å². The number of esters is 1. The van der Waals surface area contributed by atoms with Gasteiger partial charge in [-0.25, -0.2) is 4.79 Å². The topological polar surface area (TPSA) is 116 Å². The number of ether oxygens (including phenoxy) is 1. The minimum atomic E-state index is -1.51. The molecule has 0 spiro atoms. The fraction of sp³-hybridized carbons (Fsp3) is 0.412. The summed E-state index contributed by atoms with van der Waals surface area (Å²) in [5, 5.41) is 31.4. The fourth-order valence-corrected chi connectivity index (χ4v) is 2.75. The summed E-state index contributed by atoms with van der Waals surface area (Å²) >= 11 is 0. The van der Waals surface area contributed by atoms with E-state index in [-0.39, 0.29) is 17.9 Å². The number of benzene rings is 1. The van der Waals surface area contributed by atoms with Crippen LogP contribution in [-0.4, -0.2) is 45.9 Å². The van der Waals surface area contributed by atoms with Gasteiger partial charge in [0.15, 0.2) is 11.5 Å². The van der Waals surface area contributed by atoms with Gasteiger partial charge in [0.1, 0.15) is 11.7 Å². The number of aromatic hydroxyl groups is 2. The van der Waals surface area contributed by atoms with Gasteiger partial charge in [0.05, 0.1) is 0 Å². The fourth-order valence-electron chi connectivity index (χ4n) is 2.75. The minimum absolute atomic E-state index is 0.0618. The Morgan fingerprint density at radius 3 is 2.75 bits per heavy atom. The van der Waals surface area contributed by atoms with Gasteiger partial charge in [0, 0.05) is 19.5 Å². The van der Waals surface area contributed by atoms with Crippen LogP contribution in [0.3, 0.4) is 0 Å². The Labute approximate surface area is 139 Å². The number of phenols is 2. The standard InChI is InChI=1S/C17H21NO6/c1-18-16(22)17(23)8-2-3-12(10-17)24-15(21)7-5-11-4-6-13(19)14(20)9-11/h4-7,9,12,19-20,23H,2-3,8,10H2,1H3,(H,18,22)/b7-5+. The number of rotatable bonds is 4. The van der Waals surface area contributed by atoms with Gasteiger partial charge < -0.3 is 25.4 Å². The maximum atomic E-state index is 11.9. The number of phenolic OH excluding ortho intramolecular Hbond substituents is 2. The second kappa shape index (κ2) is 7.35. The number of nitrogens with one attached hydrogen (secondary N) is 1. The predicted molar refractivity (Wildman–Crippen MR) is 86.2 cm³/mol. The third kappa shape index (κ3) is 4.26. The summed E-state index contributed by atoms with van der Waals surface area (Å²) in [4.78, 5) is 23.6. The predicted octanol–water partition coefficient (Wildman–Crippen LogP) is 1.07. The summed E-state index contributed by atoms with van der Waals surface area (Å²) in [5.74, 6) is -1.61. The zero-order chi connectivity index (χ0) is 17.7. The number of hydrogen-bond acceptors (Lipinski definition) is 6. The van der Waals surface area contributed by atoms with Gasteiger partial charge in [-0.05, 0) is 43.0 Å². The molecule has 1 aliphatic rings. The highest BCUT2D eigenvalue weighted by molar-refractivity contribution is 5.87. The summed E-state index contributed by atoms with van der Waals surface area (Å²) < 4.78 is 5.28. The number of amides is 1. The molecule has 130 valence electrons. The zero-order valence-corrected chi connectivity index (χ0v) is 13.4. The summed E-state index contributed by atoms with van der Waals surface area (Å²) in [6, 6.07) is 4.15. The molecule has 0 aromatic heterocycles. The SMILES string of the molecule is CNC(=O)C1(O)CCCC(OC(=O)/C=C/c2ccc(O)c(O)c2)C1. The van der Waals surface area contributed by atoms with Crippen LogP contribution in [-0.2, 0) is 14.3 Å². The van der Waals surface area contributed by atoms with Gasteiger partial charge in [-0.3, -0.25) is 4.79 Å². The van der Waals surface area contributed by atoms with Gasteiger partial charge in [0.25, 0.3) is 5.91 Å². The Hall–Kier alpha value is -2.54. The third-order valence-corrected chi connectivity index (χ3v) is 4.03. The molecule has 0 aliphatic heterocycles. The first-order valence-electron chi connectivity index (χ1n) is 7.69. The lowest BCUT2D eigenvalue weighted by Gasteiger charge is -2.34. The molecule has 0 saturated heterocycles. The number of likely N-dealkylation sites (N-methyl/N-ethyl adjacent to an activating group) is 1. The summed E-state index contributed by atoms with van der Waals surface area (Å²) in [7, 11) is 1.45. The lowest BCUT2D eigenvalue weighted by Crippen LogP contribution is -2.50. The molecular weight excluding hydrogens is 314 g/mol. The molecule has 24 heavy (non-hydrogen) atoms.